The minimum Gasteiger partial charge on any atom is -0.349 e. The van der Waals surface area contributed by atoms with Gasteiger partial charge < -0.3 is 5.32 Å². The molecule has 0 radical (unpaired) electrons. The summed E-state index contributed by atoms with van der Waals surface area (Å²) in [7, 11) is 0. The van der Waals surface area contributed by atoms with Crippen LogP contribution >= 0.6 is 0 Å². The summed E-state index contributed by atoms with van der Waals surface area (Å²) in [5.41, 5.74) is 0.814. The van der Waals surface area contributed by atoms with Gasteiger partial charge in [-0.15, -0.1) is 0 Å². The van der Waals surface area contributed by atoms with Gasteiger partial charge in [-0.2, -0.15) is 5.06 Å². The number of benzene rings is 1. The van der Waals surface area contributed by atoms with E-state index >= 15 is 0 Å². The molecule has 1 saturated heterocycles. The average molecular weight is 373 g/mol. The first-order valence-corrected chi connectivity index (χ1v) is 10.2. The first kappa shape index (κ1) is 21.6. The predicted molar refractivity (Wildman–Crippen MR) is 111 cm³/mol. The Morgan fingerprint density at radius 3 is 2.48 bits per heavy atom. The molecule has 1 aromatic rings. The fraction of sp³-hybridized carbons (Fsp3) is 0.609. The van der Waals surface area contributed by atoms with E-state index in [9.17, 15) is 4.79 Å². The number of amides is 1. The number of rotatable bonds is 7. The zero-order valence-electron chi connectivity index (χ0n) is 17.8. The smallest absolute Gasteiger partial charge is 0.243 e. The van der Waals surface area contributed by atoms with Crippen molar-refractivity contribution < 1.29 is 9.63 Å². The van der Waals surface area contributed by atoms with Crippen LogP contribution in [0.25, 0.3) is 0 Å². The van der Waals surface area contributed by atoms with E-state index in [0.29, 0.717) is 0 Å². The first-order valence-electron chi connectivity index (χ1n) is 10.2. The number of nitrogens with zero attached hydrogens (tertiary/aromatic N) is 1. The number of piperidine rings is 1. The third-order valence-corrected chi connectivity index (χ3v) is 6.72. The molecular formula is C23H36N2O2. The van der Waals surface area contributed by atoms with Crippen molar-refractivity contribution in [3.8, 4) is 0 Å². The minimum absolute atomic E-state index is 0.0329. The Kier molecular flexibility index (Phi) is 6.87. The Morgan fingerprint density at radius 1 is 1.33 bits per heavy atom. The van der Waals surface area contributed by atoms with Gasteiger partial charge in [0.15, 0.2) is 0 Å². The summed E-state index contributed by atoms with van der Waals surface area (Å²) >= 11 is 0. The molecule has 0 spiro atoms. The molecule has 5 atom stereocenters. The monoisotopic (exact) mass is 372 g/mol. The highest BCUT2D eigenvalue weighted by atomic mass is 16.7. The number of hydroxylamine groups is 2. The Morgan fingerprint density at radius 2 is 1.96 bits per heavy atom. The summed E-state index contributed by atoms with van der Waals surface area (Å²) in [6.45, 7) is 16.8. The van der Waals surface area contributed by atoms with Gasteiger partial charge in [-0.05, 0) is 57.6 Å². The van der Waals surface area contributed by atoms with E-state index in [0.717, 1.165) is 19.3 Å². The van der Waals surface area contributed by atoms with Crippen molar-refractivity contribution in [2.75, 3.05) is 0 Å². The summed E-state index contributed by atoms with van der Waals surface area (Å²) in [5.74, 6) is 0.143. The van der Waals surface area contributed by atoms with Gasteiger partial charge >= 0.3 is 0 Å². The predicted octanol–water partition coefficient (Wildman–Crippen LogP) is 5.03. The Balaban J connectivity index is 2.36. The molecule has 1 fully saturated rings. The van der Waals surface area contributed by atoms with Crippen LogP contribution in [0.2, 0.25) is 0 Å². The van der Waals surface area contributed by atoms with E-state index in [1.807, 2.05) is 18.2 Å². The van der Waals surface area contributed by atoms with Crippen molar-refractivity contribution in [1.29, 1.82) is 0 Å². The molecule has 4 heteroatoms. The van der Waals surface area contributed by atoms with Crippen molar-refractivity contribution in [1.82, 2.24) is 10.4 Å². The molecule has 5 unspecified atom stereocenters. The van der Waals surface area contributed by atoms with Gasteiger partial charge in [-0.1, -0.05) is 57.7 Å². The van der Waals surface area contributed by atoms with E-state index in [-0.39, 0.29) is 35.0 Å². The largest absolute Gasteiger partial charge is 0.349 e. The van der Waals surface area contributed by atoms with Crippen LogP contribution in [0, 0.1) is 5.92 Å². The lowest BCUT2D eigenvalue weighted by molar-refractivity contribution is -0.327. The number of hydrogen-bond acceptors (Lipinski definition) is 3. The maximum absolute atomic E-state index is 12.0. The third-order valence-electron chi connectivity index (χ3n) is 6.72. The molecule has 1 amide bonds. The second kappa shape index (κ2) is 8.57. The molecule has 1 heterocycles. The molecule has 1 aromatic carbocycles. The van der Waals surface area contributed by atoms with Gasteiger partial charge in [0.2, 0.25) is 5.91 Å². The highest BCUT2D eigenvalue weighted by Crippen LogP contribution is 2.47. The van der Waals surface area contributed by atoms with Crippen molar-refractivity contribution >= 4 is 5.91 Å². The lowest BCUT2D eigenvalue weighted by Gasteiger charge is -2.60. The van der Waals surface area contributed by atoms with Gasteiger partial charge in [0.25, 0.3) is 0 Å². The van der Waals surface area contributed by atoms with Crippen molar-refractivity contribution in [3.63, 3.8) is 0 Å². The second-order valence-electron chi connectivity index (χ2n) is 8.33. The summed E-state index contributed by atoms with van der Waals surface area (Å²) < 4.78 is 0. The van der Waals surface area contributed by atoms with Crippen LogP contribution in [0.5, 0.6) is 0 Å². The Bertz CT molecular complexity index is 647. The molecule has 0 aromatic heterocycles. The zero-order chi connectivity index (χ0) is 20.2. The van der Waals surface area contributed by atoms with Crippen LogP contribution < -0.4 is 5.32 Å². The molecule has 1 aliphatic rings. The molecule has 0 aliphatic carbocycles. The first-order chi connectivity index (χ1) is 12.7. The van der Waals surface area contributed by atoms with Crippen LogP contribution in [-0.4, -0.2) is 28.1 Å². The summed E-state index contributed by atoms with van der Waals surface area (Å²) in [6, 6.07) is 10.4. The van der Waals surface area contributed by atoms with Crippen molar-refractivity contribution in [2.45, 2.75) is 84.0 Å². The van der Waals surface area contributed by atoms with E-state index in [4.69, 9.17) is 4.84 Å². The number of hydrogen-bond donors (Lipinski definition) is 1. The number of carbonyl (C=O) groups excluding carboxylic acids is 1. The quantitative estimate of drug-likeness (QED) is 0.683. The summed E-state index contributed by atoms with van der Waals surface area (Å²) in [5, 5.41) is 5.41. The van der Waals surface area contributed by atoms with Gasteiger partial charge in [-0.25, -0.2) is 0 Å². The van der Waals surface area contributed by atoms with Gasteiger partial charge in [0, 0.05) is 17.1 Å². The highest BCUT2D eigenvalue weighted by Gasteiger charge is 2.54. The molecule has 0 saturated carbocycles. The minimum atomic E-state index is -0.189. The SMILES string of the molecule is C=CC(=O)NC1CC(C)(CC)N(OC(C)c2ccccc2)C(C)(CC)C1C. The van der Waals surface area contributed by atoms with Gasteiger partial charge in [-0.3, -0.25) is 9.63 Å². The Hall–Kier alpha value is -1.65. The van der Waals surface area contributed by atoms with Crippen molar-refractivity contribution in [2.24, 2.45) is 5.92 Å². The molecule has 0 bridgehead atoms. The van der Waals surface area contributed by atoms with Crippen LogP contribution in [0.1, 0.15) is 72.5 Å². The maximum atomic E-state index is 12.0. The molecule has 1 N–H and O–H groups in total. The van der Waals surface area contributed by atoms with E-state index in [1.165, 1.54) is 11.6 Å². The fourth-order valence-corrected chi connectivity index (χ4v) is 4.33. The van der Waals surface area contributed by atoms with Crippen LogP contribution in [0.3, 0.4) is 0 Å². The second-order valence-corrected chi connectivity index (χ2v) is 8.33. The maximum Gasteiger partial charge on any atom is 0.243 e. The standard InChI is InChI=1S/C23H36N2O2/c1-8-21(26)24-20-16-22(6,9-2)25(23(7,10-3)17(20)4)27-18(5)19-14-12-11-13-15-19/h8,11-15,17-18,20H,1,9-10,16H2,2-7H3,(H,24,26). The van der Waals surface area contributed by atoms with E-state index in [1.54, 1.807) is 0 Å². The summed E-state index contributed by atoms with van der Waals surface area (Å²) in [4.78, 5) is 18.6. The van der Waals surface area contributed by atoms with Crippen molar-refractivity contribution in [3.05, 3.63) is 48.6 Å². The normalized spacial score (nSPS) is 32.7. The van der Waals surface area contributed by atoms with Crippen LogP contribution in [0.15, 0.2) is 43.0 Å². The molecule has 150 valence electrons. The number of carbonyl (C=O) groups is 1. The molecular weight excluding hydrogens is 336 g/mol. The van der Waals surface area contributed by atoms with Crippen LogP contribution in [0.4, 0.5) is 0 Å². The van der Waals surface area contributed by atoms with Gasteiger partial charge in [0.1, 0.15) is 6.10 Å². The fourth-order valence-electron chi connectivity index (χ4n) is 4.33. The lowest BCUT2D eigenvalue weighted by atomic mass is 9.68. The van der Waals surface area contributed by atoms with E-state index in [2.05, 4.69) is 70.6 Å². The Labute approximate surface area is 164 Å². The van der Waals surface area contributed by atoms with Crippen LogP contribution in [-0.2, 0) is 9.63 Å². The molecule has 1 aliphatic heterocycles. The lowest BCUT2D eigenvalue weighted by Crippen LogP contribution is -2.69. The zero-order valence-corrected chi connectivity index (χ0v) is 17.8. The molecule has 4 nitrogen and oxygen atoms in total. The highest BCUT2D eigenvalue weighted by molar-refractivity contribution is 5.87. The van der Waals surface area contributed by atoms with E-state index < -0.39 is 0 Å². The average Bonchev–Trinajstić information content (AvgIpc) is 2.69. The topological polar surface area (TPSA) is 41.6 Å². The molecule has 2 rings (SSSR count). The van der Waals surface area contributed by atoms with Gasteiger partial charge in [0.05, 0.1) is 0 Å². The number of nitrogens with one attached hydrogen (secondary N) is 1. The molecule has 27 heavy (non-hydrogen) atoms. The third kappa shape index (κ3) is 4.27. The summed E-state index contributed by atoms with van der Waals surface area (Å²) in [6.07, 6.45) is 4.05.